The smallest absolute Gasteiger partial charge is 0.255 e. The number of rotatable bonds is 7. The highest BCUT2D eigenvalue weighted by molar-refractivity contribution is 7.98. The van der Waals surface area contributed by atoms with Crippen LogP contribution in [0.25, 0.3) is 11.3 Å². The molecule has 0 saturated heterocycles. The molecule has 1 amide bonds. The van der Waals surface area contributed by atoms with Crippen LogP contribution in [0.1, 0.15) is 34.3 Å². The van der Waals surface area contributed by atoms with Gasteiger partial charge in [0, 0.05) is 11.2 Å². The second kappa shape index (κ2) is 8.89. The van der Waals surface area contributed by atoms with Crippen molar-refractivity contribution in [3.63, 3.8) is 0 Å². The highest BCUT2D eigenvalue weighted by atomic mass is 35.5. The van der Waals surface area contributed by atoms with Crippen molar-refractivity contribution in [3.8, 4) is 5.69 Å². The Labute approximate surface area is 183 Å². The van der Waals surface area contributed by atoms with Gasteiger partial charge in [-0.15, -0.1) is 10.2 Å². The van der Waals surface area contributed by atoms with Gasteiger partial charge in [-0.25, -0.2) is 4.68 Å². The lowest BCUT2D eigenvalue weighted by molar-refractivity contribution is 0.0933. The molecule has 0 saturated carbocycles. The third kappa shape index (κ3) is 4.06. The van der Waals surface area contributed by atoms with Gasteiger partial charge in [-0.1, -0.05) is 23.7 Å². The maximum Gasteiger partial charge on any atom is 0.255 e. The summed E-state index contributed by atoms with van der Waals surface area (Å²) in [4.78, 5) is 13.1. The molecule has 0 aliphatic heterocycles. The minimum atomic E-state index is -0.267. The van der Waals surface area contributed by atoms with E-state index in [-0.39, 0.29) is 11.9 Å². The maximum absolute atomic E-state index is 13.1. The summed E-state index contributed by atoms with van der Waals surface area (Å²) in [6.07, 6.45) is 6.27. The Kier molecular flexibility index (Phi) is 6.06. The fourth-order valence-corrected chi connectivity index (χ4v) is 3.99. The Balaban J connectivity index is 1.62. The van der Waals surface area contributed by atoms with E-state index in [0.29, 0.717) is 16.4 Å². The normalized spacial score (nSPS) is 12.2. The van der Waals surface area contributed by atoms with E-state index in [9.17, 15) is 4.79 Å². The molecule has 9 heteroatoms. The summed E-state index contributed by atoms with van der Waals surface area (Å²) >= 11 is 7.82. The van der Waals surface area contributed by atoms with Gasteiger partial charge in [-0.2, -0.15) is 16.9 Å². The third-order valence-corrected chi connectivity index (χ3v) is 5.75. The lowest BCUT2D eigenvalue weighted by Crippen LogP contribution is -2.30. The summed E-state index contributed by atoms with van der Waals surface area (Å²) in [5.74, 6) is 1.40. The predicted octanol–water partition coefficient (Wildman–Crippen LogP) is 4.10. The molecule has 7 nitrogen and oxygen atoms in total. The van der Waals surface area contributed by atoms with E-state index in [1.54, 1.807) is 28.7 Å². The van der Waals surface area contributed by atoms with Gasteiger partial charge in [0.1, 0.15) is 0 Å². The van der Waals surface area contributed by atoms with Crippen LogP contribution < -0.4 is 5.32 Å². The van der Waals surface area contributed by atoms with Gasteiger partial charge in [-0.05, 0) is 55.7 Å². The third-order valence-electron chi connectivity index (χ3n) is 4.87. The molecular formula is C21H21ClN6OS. The molecule has 1 N–H and O–H groups in total. The number of nitrogens with one attached hydrogen (secondary N) is 1. The van der Waals surface area contributed by atoms with Crippen molar-refractivity contribution in [2.24, 2.45) is 0 Å². The number of benzene rings is 1. The standard InChI is InChI=1S/C21H21ClN6OS/c1-14-17(13-23-28(14)16-7-5-6-15(22)12-16)21(29)24-18(9-11-30-2)20-26-25-19-8-3-4-10-27(19)20/h3-8,10,12-13,18H,9,11H2,1-2H3,(H,24,29). The summed E-state index contributed by atoms with van der Waals surface area (Å²) in [5, 5.41) is 16.7. The molecule has 30 heavy (non-hydrogen) atoms. The molecule has 0 spiro atoms. The molecule has 1 aromatic carbocycles. The van der Waals surface area contributed by atoms with Gasteiger partial charge < -0.3 is 5.32 Å². The molecule has 0 radical (unpaired) electrons. The number of carbonyl (C=O) groups is 1. The van der Waals surface area contributed by atoms with Crippen LogP contribution in [0, 0.1) is 6.92 Å². The van der Waals surface area contributed by atoms with Crippen LogP contribution in [0.3, 0.4) is 0 Å². The van der Waals surface area contributed by atoms with Crippen molar-refractivity contribution in [2.75, 3.05) is 12.0 Å². The molecular weight excluding hydrogens is 420 g/mol. The zero-order valence-electron chi connectivity index (χ0n) is 16.6. The second-order valence-electron chi connectivity index (χ2n) is 6.83. The Bertz CT molecular complexity index is 1190. The first kappa shape index (κ1) is 20.4. The number of halogens is 1. The first-order valence-corrected chi connectivity index (χ1v) is 11.3. The van der Waals surface area contributed by atoms with Gasteiger partial charge in [0.2, 0.25) is 0 Å². The molecule has 0 aliphatic carbocycles. The fraction of sp³-hybridized carbons (Fsp3) is 0.238. The van der Waals surface area contributed by atoms with E-state index in [1.807, 2.05) is 60.2 Å². The zero-order valence-corrected chi connectivity index (χ0v) is 18.2. The number of nitrogens with zero attached hydrogens (tertiary/aromatic N) is 5. The molecule has 4 rings (SSSR count). The summed E-state index contributed by atoms with van der Waals surface area (Å²) in [6, 6.07) is 12.8. The van der Waals surface area contributed by atoms with Crippen LogP contribution in [0.15, 0.2) is 54.9 Å². The van der Waals surface area contributed by atoms with E-state index in [0.717, 1.165) is 29.2 Å². The fourth-order valence-electron chi connectivity index (χ4n) is 3.34. The molecule has 1 unspecified atom stereocenters. The van der Waals surface area contributed by atoms with Crippen LogP contribution in [0.4, 0.5) is 0 Å². The van der Waals surface area contributed by atoms with E-state index in [4.69, 9.17) is 11.6 Å². The van der Waals surface area contributed by atoms with Crippen molar-refractivity contribution in [1.29, 1.82) is 0 Å². The van der Waals surface area contributed by atoms with Gasteiger partial charge in [0.05, 0.1) is 29.2 Å². The van der Waals surface area contributed by atoms with Crippen molar-refractivity contribution in [2.45, 2.75) is 19.4 Å². The number of hydrogen-bond donors (Lipinski definition) is 1. The SMILES string of the molecule is CSCCC(NC(=O)c1cnn(-c2cccc(Cl)c2)c1C)c1nnc2ccccn12. The topological polar surface area (TPSA) is 77.1 Å². The van der Waals surface area contributed by atoms with E-state index in [1.165, 1.54) is 0 Å². The van der Waals surface area contributed by atoms with Gasteiger partial charge in [-0.3, -0.25) is 9.20 Å². The maximum atomic E-state index is 13.1. The molecule has 1 atom stereocenters. The van der Waals surface area contributed by atoms with Gasteiger partial charge in [0.25, 0.3) is 5.91 Å². The number of thioether (sulfide) groups is 1. The molecule has 4 aromatic rings. The molecule has 0 fully saturated rings. The minimum Gasteiger partial charge on any atom is -0.342 e. The summed E-state index contributed by atoms with van der Waals surface area (Å²) < 4.78 is 3.62. The number of hydrogen-bond acceptors (Lipinski definition) is 5. The van der Waals surface area contributed by atoms with Crippen LogP contribution in [0.2, 0.25) is 5.02 Å². The molecule has 0 aliphatic rings. The number of amides is 1. The summed E-state index contributed by atoms with van der Waals surface area (Å²) in [5.41, 5.74) is 2.81. The van der Waals surface area contributed by atoms with Gasteiger partial charge >= 0.3 is 0 Å². The average molecular weight is 441 g/mol. The monoisotopic (exact) mass is 440 g/mol. The number of aromatic nitrogens is 5. The Morgan fingerprint density at radius 3 is 2.90 bits per heavy atom. The molecule has 3 heterocycles. The Morgan fingerprint density at radius 1 is 1.23 bits per heavy atom. The summed E-state index contributed by atoms with van der Waals surface area (Å²) in [7, 11) is 0. The zero-order chi connectivity index (χ0) is 21.1. The highest BCUT2D eigenvalue weighted by Gasteiger charge is 2.23. The van der Waals surface area contributed by atoms with Gasteiger partial charge in [0.15, 0.2) is 11.5 Å². The van der Waals surface area contributed by atoms with Crippen molar-refractivity contribution in [3.05, 3.63) is 77.0 Å². The number of carbonyl (C=O) groups excluding carboxylic acids is 1. The van der Waals surface area contributed by atoms with Crippen molar-refractivity contribution >= 4 is 34.9 Å². The van der Waals surface area contributed by atoms with Crippen LogP contribution in [0.5, 0.6) is 0 Å². The lowest BCUT2D eigenvalue weighted by atomic mass is 10.1. The Morgan fingerprint density at radius 2 is 2.10 bits per heavy atom. The van der Waals surface area contributed by atoms with Crippen molar-refractivity contribution in [1.82, 2.24) is 29.7 Å². The quantitative estimate of drug-likeness (QED) is 0.468. The van der Waals surface area contributed by atoms with E-state index < -0.39 is 0 Å². The van der Waals surface area contributed by atoms with E-state index >= 15 is 0 Å². The molecule has 3 aromatic heterocycles. The van der Waals surface area contributed by atoms with Crippen LogP contribution in [-0.4, -0.2) is 42.3 Å². The number of pyridine rings is 1. The highest BCUT2D eigenvalue weighted by Crippen LogP contribution is 2.21. The largest absolute Gasteiger partial charge is 0.342 e. The van der Waals surface area contributed by atoms with Crippen LogP contribution in [-0.2, 0) is 0 Å². The summed E-state index contributed by atoms with van der Waals surface area (Å²) in [6.45, 7) is 1.87. The Hall–Kier alpha value is -2.84. The lowest BCUT2D eigenvalue weighted by Gasteiger charge is -2.17. The van der Waals surface area contributed by atoms with Crippen LogP contribution >= 0.6 is 23.4 Å². The minimum absolute atomic E-state index is 0.195. The predicted molar refractivity (Wildman–Crippen MR) is 120 cm³/mol. The first-order chi connectivity index (χ1) is 14.6. The average Bonchev–Trinajstić information content (AvgIpc) is 3.35. The first-order valence-electron chi connectivity index (χ1n) is 9.48. The molecule has 154 valence electrons. The van der Waals surface area contributed by atoms with Crippen molar-refractivity contribution < 1.29 is 4.79 Å². The number of fused-ring (bicyclic) bond motifs is 1. The second-order valence-corrected chi connectivity index (χ2v) is 8.25. The molecule has 0 bridgehead atoms. The van der Waals surface area contributed by atoms with E-state index in [2.05, 4.69) is 20.6 Å².